The van der Waals surface area contributed by atoms with Gasteiger partial charge in [-0.25, -0.2) is 0 Å². The highest BCUT2D eigenvalue weighted by Gasteiger charge is 2.21. The molecule has 4 aromatic rings. The minimum atomic E-state index is -0.387. The van der Waals surface area contributed by atoms with Gasteiger partial charge >= 0.3 is 0 Å². The molecule has 2 heterocycles. The molecule has 0 saturated carbocycles. The van der Waals surface area contributed by atoms with E-state index in [1.165, 1.54) is 12.3 Å². The summed E-state index contributed by atoms with van der Waals surface area (Å²) in [6.45, 7) is 0.461. The summed E-state index contributed by atoms with van der Waals surface area (Å²) in [6, 6.07) is 27.3. The standard InChI is InChI=1S/C27H23NO4/c29-24-16-22(13-14-23-18-31-26-11-4-5-12-27(26)32-23)28(17-25(24)30)21-10-6-9-20(15-21)19-7-2-1-3-8-19/h1-12,15-17,23,30H,13-14,18H2. The number of hydrogen-bond donors (Lipinski definition) is 1. The van der Waals surface area contributed by atoms with E-state index in [4.69, 9.17) is 9.47 Å². The molecule has 0 saturated heterocycles. The normalized spacial score (nSPS) is 14.8. The van der Waals surface area contributed by atoms with Gasteiger partial charge in [-0.3, -0.25) is 4.79 Å². The Morgan fingerprint density at radius 3 is 2.47 bits per heavy atom. The maximum Gasteiger partial charge on any atom is 0.223 e. The summed E-state index contributed by atoms with van der Waals surface area (Å²) in [5.74, 6) is 1.22. The predicted molar refractivity (Wildman–Crippen MR) is 124 cm³/mol. The number of aromatic nitrogens is 1. The largest absolute Gasteiger partial charge is 0.503 e. The van der Waals surface area contributed by atoms with Crippen LogP contribution in [-0.2, 0) is 6.42 Å². The van der Waals surface area contributed by atoms with Crippen LogP contribution < -0.4 is 14.9 Å². The lowest BCUT2D eigenvalue weighted by molar-refractivity contribution is 0.0848. The zero-order chi connectivity index (χ0) is 21.9. The van der Waals surface area contributed by atoms with Gasteiger partial charge in [0, 0.05) is 17.4 Å². The summed E-state index contributed by atoms with van der Waals surface area (Å²) in [4.78, 5) is 12.2. The lowest BCUT2D eigenvalue weighted by atomic mass is 10.0. The molecule has 32 heavy (non-hydrogen) atoms. The average Bonchev–Trinajstić information content (AvgIpc) is 2.85. The minimum Gasteiger partial charge on any atom is -0.503 e. The molecule has 160 valence electrons. The summed E-state index contributed by atoms with van der Waals surface area (Å²) in [6.07, 6.45) is 2.66. The lowest BCUT2D eigenvalue weighted by Crippen LogP contribution is -2.30. The van der Waals surface area contributed by atoms with E-state index in [1.54, 1.807) is 0 Å². The number of para-hydroxylation sites is 2. The molecule has 1 atom stereocenters. The van der Waals surface area contributed by atoms with Crippen molar-refractivity contribution in [2.75, 3.05) is 6.61 Å². The first-order chi connectivity index (χ1) is 15.7. The maximum atomic E-state index is 12.2. The zero-order valence-electron chi connectivity index (χ0n) is 17.5. The Labute approximate surface area is 186 Å². The summed E-state index contributed by atoms with van der Waals surface area (Å²) in [5, 5.41) is 10.1. The van der Waals surface area contributed by atoms with Gasteiger partial charge in [-0.2, -0.15) is 0 Å². The Morgan fingerprint density at radius 2 is 1.62 bits per heavy atom. The van der Waals surface area contributed by atoms with Gasteiger partial charge in [-0.15, -0.1) is 0 Å². The van der Waals surface area contributed by atoms with Crippen LogP contribution in [0.25, 0.3) is 16.8 Å². The molecule has 0 bridgehead atoms. The van der Waals surface area contributed by atoms with Crippen LogP contribution in [-0.4, -0.2) is 22.4 Å². The second-order valence-electron chi connectivity index (χ2n) is 7.84. The smallest absolute Gasteiger partial charge is 0.223 e. The van der Waals surface area contributed by atoms with Gasteiger partial charge in [-0.05, 0) is 48.2 Å². The van der Waals surface area contributed by atoms with Crippen molar-refractivity contribution in [3.63, 3.8) is 0 Å². The van der Waals surface area contributed by atoms with E-state index in [0.717, 1.165) is 34.0 Å². The molecule has 0 amide bonds. The zero-order valence-corrected chi connectivity index (χ0v) is 17.5. The van der Waals surface area contributed by atoms with Crippen molar-refractivity contribution < 1.29 is 14.6 Å². The molecule has 3 aromatic carbocycles. The van der Waals surface area contributed by atoms with Crippen LogP contribution in [0.5, 0.6) is 17.2 Å². The fourth-order valence-corrected chi connectivity index (χ4v) is 3.98. The summed E-state index contributed by atoms with van der Waals surface area (Å²) in [7, 11) is 0. The number of aryl methyl sites for hydroxylation is 1. The van der Waals surface area contributed by atoms with Crippen molar-refractivity contribution in [1.29, 1.82) is 0 Å². The Morgan fingerprint density at radius 1 is 0.875 bits per heavy atom. The highest BCUT2D eigenvalue weighted by atomic mass is 16.6. The van der Waals surface area contributed by atoms with Crippen molar-refractivity contribution in [3.8, 4) is 34.1 Å². The molecule has 1 aliphatic rings. The SMILES string of the molecule is O=c1cc(CCC2COc3ccccc3O2)n(-c2cccc(-c3ccccc3)c2)cc1O. The van der Waals surface area contributed by atoms with E-state index in [9.17, 15) is 9.90 Å². The van der Waals surface area contributed by atoms with Crippen LogP contribution in [0.1, 0.15) is 12.1 Å². The molecule has 0 fully saturated rings. The Hall–Kier alpha value is -3.99. The summed E-state index contributed by atoms with van der Waals surface area (Å²) < 4.78 is 13.8. The van der Waals surface area contributed by atoms with E-state index in [1.807, 2.05) is 65.2 Å². The molecule has 1 aliphatic heterocycles. The number of ether oxygens (including phenoxy) is 2. The van der Waals surface area contributed by atoms with Gasteiger partial charge in [0.15, 0.2) is 17.2 Å². The van der Waals surface area contributed by atoms with E-state index in [2.05, 4.69) is 18.2 Å². The predicted octanol–water partition coefficient (Wildman–Crippen LogP) is 4.98. The van der Waals surface area contributed by atoms with Crippen LogP contribution in [0.3, 0.4) is 0 Å². The van der Waals surface area contributed by atoms with Gasteiger partial charge in [-0.1, -0.05) is 54.6 Å². The van der Waals surface area contributed by atoms with Crippen LogP contribution >= 0.6 is 0 Å². The minimum absolute atomic E-state index is 0.113. The summed E-state index contributed by atoms with van der Waals surface area (Å²) in [5.41, 5.74) is 3.46. The molecule has 1 N–H and O–H groups in total. The van der Waals surface area contributed by atoms with Crippen molar-refractivity contribution in [1.82, 2.24) is 4.57 Å². The first-order valence-electron chi connectivity index (χ1n) is 10.7. The Bertz CT molecular complexity index is 1300. The highest BCUT2D eigenvalue weighted by molar-refractivity contribution is 5.66. The van der Waals surface area contributed by atoms with Crippen LogP contribution in [0, 0.1) is 0 Å². The molecular weight excluding hydrogens is 402 g/mol. The number of hydrogen-bond acceptors (Lipinski definition) is 4. The first kappa shape index (κ1) is 19.9. The van der Waals surface area contributed by atoms with Crippen molar-refractivity contribution in [2.45, 2.75) is 18.9 Å². The van der Waals surface area contributed by atoms with Gasteiger partial charge in [0.1, 0.15) is 12.7 Å². The van der Waals surface area contributed by atoms with Crippen LogP contribution in [0.2, 0.25) is 0 Å². The van der Waals surface area contributed by atoms with E-state index in [0.29, 0.717) is 19.4 Å². The maximum absolute atomic E-state index is 12.2. The van der Waals surface area contributed by atoms with E-state index >= 15 is 0 Å². The molecule has 0 spiro atoms. The van der Waals surface area contributed by atoms with Crippen molar-refractivity contribution in [2.24, 2.45) is 0 Å². The third kappa shape index (κ3) is 4.10. The fraction of sp³-hybridized carbons (Fsp3) is 0.148. The lowest BCUT2D eigenvalue weighted by Gasteiger charge is -2.26. The number of aromatic hydroxyl groups is 1. The van der Waals surface area contributed by atoms with Crippen molar-refractivity contribution >= 4 is 0 Å². The van der Waals surface area contributed by atoms with Gasteiger partial charge in [0.25, 0.3) is 0 Å². The molecule has 5 heteroatoms. The van der Waals surface area contributed by atoms with E-state index in [-0.39, 0.29) is 17.3 Å². The molecule has 0 aliphatic carbocycles. The monoisotopic (exact) mass is 425 g/mol. The third-order valence-corrected chi connectivity index (χ3v) is 5.63. The van der Waals surface area contributed by atoms with Gasteiger partial charge < -0.3 is 19.1 Å². The quantitative estimate of drug-likeness (QED) is 0.490. The van der Waals surface area contributed by atoms with Gasteiger partial charge in [0.05, 0.1) is 6.20 Å². The van der Waals surface area contributed by atoms with Crippen LogP contribution in [0.15, 0.2) is 95.9 Å². The second kappa shape index (κ2) is 8.63. The molecule has 0 radical (unpaired) electrons. The summed E-state index contributed by atoms with van der Waals surface area (Å²) >= 11 is 0. The molecule has 1 unspecified atom stereocenters. The Kier molecular flexibility index (Phi) is 5.38. The van der Waals surface area contributed by atoms with E-state index < -0.39 is 0 Å². The van der Waals surface area contributed by atoms with Crippen molar-refractivity contribution in [3.05, 3.63) is 107 Å². The number of pyridine rings is 1. The third-order valence-electron chi connectivity index (χ3n) is 5.63. The number of benzene rings is 3. The van der Waals surface area contributed by atoms with Gasteiger partial charge in [0.2, 0.25) is 5.43 Å². The molecule has 5 rings (SSSR count). The number of rotatable bonds is 5. The molecular formula is C27H23NO4. The second-order valence-corrected chi connectivity index (χ2v) is 7.84. The Balaban J connectivity index is 1.42. The molecule has 5 nitrogen and oxygen atoms in total. The number of nitrogens with zero attached hydrogens (tertiary/aromatic N) is 1. The molecule has 1 aromatic heterocycles. The average molecular weight is 425 g/mol. The fourth-order valence-electron chi connectivity index (χ4n) is 3.98. The number of fused-ring (bicyclic) bond motifs is 1. The topological polar surface area (TPSA) is 60.7 Å². The highest BCUT2D eigenvalue weighted by Crippen LogP contribution is 2.32. The van der Waals surface area contributed by atoms with Crippen LogP contribution in [0.4, 0.5) is 0 Å². The first-order valence-corrected chi connectivity index (χ1v) is 10.7.